The first-order chi connectivity index (χ1) is 7.15. The van der Waals surface area contributed by atoms with Gasteiger partial charge in [-0.3, -0.25) is 10.2 Å². The number of unbranched alkanes of at least 4 members (excludes halogenated alkanes) is 2. The quantitative estimate of drug-likeness (QED) is 0.248. The molecule has 0 aliphatic rings. The molecule has 0 fully saturated rings. The molecular weight excluding hydrogens is 192 g/mol. The van der Waals surface area contributed by atoms with E-state index in [4.69, 9.17) is 5.84 Å². The Balaban J connectivity index is 3.80. The summed E-state index contributed by atoms with van der Waals surface area (Å²) in [6.07, 6.45) is 4.95. The molecular formula is C11H24N2O2. The molecule has 0 aliphatic heterocycles. The van der Waals surface area contributed by atoms with Crippen LogP contribution >= 0.6 is 0 Å². The highest BCUT2D eigenvalue weighted by molar-refractivity contribution is 5.77. The summed E-state index contributed by atoms with van der Waals surface area (Å²) < 4.78 is 0. The molecule has 0 radical (unpaired) electrons. The maximum atomic E-state index is 11.3. The van der Waals surface area contributed by atoms with Gasteiger partial charge in [-0.1, -0.05) is 33.1 Å². The van der Waals surface area contributed by atoms with Crippen LogP contribution in [0.2, 0.25) is 0 Å². The normalized spacial score (nSPS) is 14.7. The lowest BCUT2D eigenvalue weighted by Crippen LogP contribution is -2.37. The van der Waals surface area contributed by atoms with E-state index in [0.29, 0.717) is 12.8 Å². The Kier molecular flexibility index (Phi) is 8.33. The van der Waals surface area contributed by atoms with Crippen LogP contribution in [-0.4, -0.2) is 17.1 Å². The fraction of sp³-hybridized carbons (Fsp3) is 0.909. The van der Waals surface area contributed by atoms with Crippen LogP contribution in [0, 0.1) is 5.92 Å². The first-order valence-corrected chi connectivity index (χ1v) is 5.84. The zero-order valence-electron chi connectivity index (χ0n) is 9.83. The fourth-order valence-electron chi connectivity index (χ4n) is 1.65. The van der Waals surface area contributed by atoms with Gasteiger partial charge in [-0.15, -0.1) is 0 Å². The smallest absolute Gasteiger partial charge is 0.237 e. The fourth-order valence-corrected chi connectivity index (χ4v) is 1.65. The number of amides is 1. The Morgan fingerprint density at radius 2 is 2.07 bits per heavy atom. The SMILES string of the molecule is CCCCC[C@H](O)C[C@@H](CC)C(=O)NN. The van der Waals surface area contributed by atoms with Gasteiger partial charge in [0.15, 0.2) is 0 Å². The molecule has 0 saturated carbocycles. The lowest BCUT2D eigenvalue weighted by atomic mass is 9.95. The van der Waals surface area contributed by atoms with Crippen molar-refractivity contribution in [2.75, 3.05) is 0 Å². The highest BCUT2D eigenvalue weighted by atomic mass is 16.3. The molecule has 0 bridgehead atoms. The van der Waals surface area contributed by atoms with Crippen LogP contribution < -0.4 is 11.3 Å². The maximum absolute atomic E-state index is 11.3. The molecule has 0 rings (SSSR count). The van der Waals surface area contributed by atoms with E-state index in [1.807, 2.05) is 6.92 Å². The van der Waals surface area contributed by atoms with Crippen LogP contribution in [-0.2, 0) is 4.79 Å². The summed E-state index contributed by atoms with van der Waals surface area (Å²) in [7, 11) is 0. The summed E-state index contributed by atoms with van der Waals surface area (Å²) in [4.78, 5) is 11.3. The second kappa shape index (κ2) is 8.68. The number of rotatable bonds is 8. The second-order valence-corrected chi connectivity index (χ2v) is 4.00. The number of hydrogen-bond donors (Lipinski definition) is 3. The Labute approximate surface area is 92.2 Å². The molecule has 0 aromatic rings. The minimum absolute atomic E-state index is 0.161. The lowest BCUT2D eigenvalue weighted by molar-refractivity contribution is -0.126. The molecule has 15 heavy (non-hydrogen) atoms. The van der Waals surface area contributed by atoms with E-state index in [1.54, 1.807) is 0 Å². The van der Waals surface area contributed by atoms with Gasteiger partial charge in [0, 0.05) is 5.92 Å². The van der Waals surface area contributed by atoms with E-state index in [9.17, 15) is 9.90 Å². The van der Waals surface area contributed by atoms with Gasteiger partial charge in [0.05, 0.1) is 6.10 Å². The summed E-state index contributed by atoms with van der Waals surface area (Å²) >= 11 is 0. The Morgan fingerprint density at radius 3 is 2.53 bits per heavy atom. The molecule has 0 saturated heterocycles. The zero-order chi connectivity index (χ0) is 11.7. The minimum atomic E-state index is -0.376. The van der Waals surface area contributed by atoms with Gasteiger partial charge in [-0.25, -0.2) is 5.84 Å². The van der Waals surface area contributed by atoms with Gasteiger partial charge in [0.25, 0.3) is 0 Å². The third kappa shape index (κ3) is 6.47. The molecule has 0 aromatic carbocycles. The molecule has 0 heterocycles. The number of carbonyl (C=O) groups is 1. The highest BCUT2D eigenvalue weighted by Gasteiger charge is 2.19. The average Bonchev–Trinajstić information content (AvgIpc) is 2.25. The average molecular weight is 216 g/mol. The van der Waals surface area contributed by atoms with Crippen molar-refractivity contribution < 1.29 is 9.90 Å². The van der Waals surface area contributed by atoms with Gasteiger partial charge in [0.2, 0.25) is 5.91 Å². The van der Waals surface area contributed by atoms with Crippen molar-refractivity contribution in [1.29, 1.82) is 0 Å². The van der Waals surface area contributed by atoms with E-state index in [-0.39, 0.29) is 17.9 Å². The number of hydrogen-bond acceptors (Lipinski definition) is 3. The van der Waals surface area contributed by atoms with E-state index in [1.165, 1.54) is 0 Å². The molecule has 4 heteroatoms. The number of aliphatic hydroxyl groups is 1. The Bertz CT molecular complexity index is 174. The number of aliphatic hydroxyl groups excluding tert-OH is 1. The topological polar surface area (TPSA) is 75.3 Å². The van der Waals surface area contributed by atoms with Crippen LogP contribution in [0.4, 0.5) is 0 Å². The van der Waals surface area contributed by atoms with Crippen LogP contribution in [0.3, 0.4) is 0 Å². The first kappa shape index (κ1) is 14.4. The largest absolute Gasteiger partial charge is 0.393 e. The molecule has 0 unspecified atom stereocenters. The molecule has 1 amide bonds. The van der Waals surface area contributed by atoms with Gasteiger partial charge >= 0.3 is 0 Å². The maximum Gasteiger partial charge on any atom is 0.237 e. The summed E-state index contributed by atoms with van der Waals surface area (Å²) in [6.45, 7) is 4.06. The van der Waals surface area contributed by atoms with Gasteiger partial charge in [-0.05, 0) is 19.3 Å². The van der Waals surface area contributed by atoms with Crippen LogP contribution in [0.25, 0.3) is 0 Å². The third-order valence-corrected chi connectivity index (χ3v) is 2.70. The van der Waals surface area contributed by atoms with Crippen molar-refractivity contribution in [3.05, 3.63) is 0 Å². The second-order valence-electron chi connectivity index (χ2n) is 4.00. The number of carbonyl (C=O) groups excluding carboxylic acids is 1. The molecule has 90 valence electrons. The molecule has 0 aromatic heterocycles. The van der Waals surface area contributed by atoms with E-state index in [0.717, 1.165) is 25.7 Å². The van der Waals surface area contributed by atoms with Crippen molar-refractivity contribution in [2.45, 2.75) is 58.5 Å². The van der Waals surface area contributed by atoms with Gasteiger partial charge < -0.3 is 5.11 Å². The lowest BCUT2D eigenvalue weighted by Gasteiger charge is -2.17. The van der Waals surface area contributed by atoms with E-state index < -0.39 is 0 Å². The molecule has 2 atom stereocenters. The van der Waals surface area contributed by atoms with Crippen molar-refractivity contribution in [3.8, 4) is 0 Å². The first-order valence-electron chi connectivity index (χ1n) is 5.84. The zero-order valence-corrected chi connectivity index (χ0v) is 9.83. The molecule has 4 N–H and O–H groups in total. The van der Waals surface area contributed by atoms with E-state index >= 15 is 0 Å². The van der Waals surface area contributed by atoms with Crippen molar-refractivity contribution in [3.63, 3.8) is 0 Å². The molecule has 0 spiro atoms. The minimum Gasteiger partial charge on any atom is -0.393 e. The highest BCUT2D eigenvalue weighted by Crippen LogP contribution is 2.15. The van der Waals surface area contributed by atoms with E-state index in [2.05, 4.69) is 12.3 Å². The van der Waals surface area contributed by atoms with Crippen molar-refractivity contribution in [1.82, 2.24) is 5.43 Å². The Hall–Kier alpha value is -0.610. The summed E-state index contributed by atoms with van der Waals surface area (Å²) in [6, 6.07) is 0. The molecule has 4 nitrogen and oxygen atoms in total. The predicted octanol–water partition coefficient (Wildman–Crippen LogP) is 1.33. The third-order valence-electron chi connectivity index (χ3n) is 2.70. The van der Waals surface area contributed by atoms with Crippen LogP contribution in [0.5, 0.6) is 0 Å². The Morgan fingerprint density at radius 1 is 1.40 bits per heavy atom. The number of hydrazine groups is 1. The van der Waals surface area contributed by atoms with Crippen LogP contribution in [0.15, 0.2) is 0 Å². The number of nitrogens with one attached hydrogen (secondary N) is 1. The molecule has 0 aliphatic carbocycles. The summed E-state index contributed by atoms with van der Waals surface area (Å²) in [5.74, 6) is 4.73. The van der Waals surface area contributed by atoms with Crippen molar-refractivity contribution in [2.24, 2.45) is 11.8 Å². The number of nitrogens with two attached hydrogens (primary N) is 1. The monoisotopic (exact) mass is 216 g/mol. The standard InChI is InChI=1S/C11H24N2O2/c1-3-5-6-7-10(14)8-9(4-2)11(15)13-12/h9-10,14H,3-8,12H2,1-2H3,(H,13,15)/t9-,10+/m1/s1. The van der Waals surface area contributed by atoms with Crippen molar-refractivity contribution >= 4 is 5.91 Å². The van der Waals surface area contributed by atoms with Gasteiger partial charge in [0.1, 0.15) is 0 Å². The predicted molar refractivity (Wildman–Crippen MR) is 60.9 cm³/mol. The summed E-state index contributed by atoms with van der Waals surface area (Å²) in [5.41, 5.74) is 2.14. The van der Waals surface area contributed by atoms with Crippen LogP contribution in [0.1, 0.15) is 52.4 Å². The van der Waals surface area contributed by atoms with Gasteiger partial charge in [-0.2, -0.15) is 0 Å². The summed E-state index contributed by atoms with van der Waals surface area (Å²) in [5, 5.41) is 9.70.